The molecule has 0 saturated heterocycles. The molecule has 3 aromatic carbocycles. The number of carbonyl (C=O) groups excluding carboxylic acids is 2. The molecule has 1 aliphatic rings. The van der Waals surface area contributed by atoms with Gasteiger partial charge in [-0.3, -0.25) is 13.9 Å². The molecule has 9 nitrogen and oxygen atoms in total. The maximum atomic E-state index is 14.3. The largest absolute Gasteiger partial charge is 0.454 e. The highest BCUT2D eigenvalue weighted by Crippen LogP contribution is 2.36. The third-order valence-corrected chi connectivity index (χ3v) is 9.71. The van der Waals surface area contributed by atoms with Gasteiger partial charge in [0.05, 0.1) is 21.5 Å². The molecule has 0 aromatic heterocycles. The van der Waals surface area contributed by atoms with Crippen molar-refractivity contribution in [3.05, 3.63) is 87.9 Å². The van der Waals surface area contributed by atoms with Crippen molar-refractivity contribution in [1.29, 1.82) is 0 Å². The molecule has 0 fully saturated rings. The second kappa shape index (κ2) is 14.3. The molecule has 0 aliphatic carbocycles. The van der Waals surface area contributed by atoms with Crippen molar-refractivity contribution < 1.29 is 27.5 Å². The van der Waals surface area contributed by atoms with Gasteiger partial charge in [-0.1, -0.05) is 66.5 Å². The van der Waals surface area contributed by atoms with Gasteiger partial charge in [-0.2, -0.15) is 0 Å². The fraction of sp³-hybridized carbons (Fsp3) is 0.355. The van der Waals surface area contributed by atoms with Crippen molar-refractivity contribution in [1.82, 2.24) is 10.2 Å². The van der Waals surface area contributed by atoms with E-state index in [0.29, 0.717) is 33.5 Å². The zero-order chi connectivity index (χ0) is 31.1. The van der Waals surface area contributed by atoms with Crippen molar-refractivity contribution >= 4 is 50.7 Å². The molecule has 12 heteroatoms. The maximum absolute atomic E-state index is 14.3. The Kier molecular flexibility index (Phi) is 10.8. The number of carbonyl (C=O) groups is 2. The number of nitrogens with zero attached hydrogens (tertiary/aromatic N) is 2. The molecular formula is C31H35Cl2N3O6S. The molecule has 1 aliphatic heterocycles. The van der Waals surface area contributed by atoms with Gasteiger partial charge in [0.2, 0.25) is 28.6 Å². The first-order valence-electron chi connectivity index (χ1n) is 14.0. The van der Waals surface area contributed by atoms with Crippen molar-refractivity contribution in [2.75, 3.05) is 23.4 Å². The van der Waals surface area contributed by atoms with E-state index in [2.05, 4.69) is 5.32 Å². The zero-order valence-corrected chi connectivity index (χ0v) is 26.6. The minimum atomic E-state index is -3.92. The number of ether oxygens (including phenoxy) is 2. The summed E-state index contributed by atoms with van der Waals surface area (Å²) in [7, 11) is -3.92. The van der Waals surface area contributed by atoms with E-state index in [1.165, 1.54) is 17.9 Å². The van der Waals surface area contributed by atoms with Crippen LogP contribution in [0.25, 0.3) is 0 Å². The van der Waals surface area contributed by atoms with E-state index >= 15 is 0 Å². The van der Waals surface area contributed by atoms with Crippen molar-refractivity contribution in [2.24, 2.45) is 0 Å². The van der Waals surface area contributed by atoms with Crippen LogP contribution in [0.3, 0.4) is 0 Å². The highest BCUT2D eigenvalue weighted by molar-refractivity contribution is 7.92. The summed E-state index contributed by atoms with van der Waals surface area (Å²) in [4.78, 5) is 29.5. The van der Waals surface area contributed by atoms with Gasteiger partial charge in [-0.25, -0.2) is 8.42 Å². The van der Waals surface area contributed by atoms with E-state index in [-0.39, 0.29) is 43.1 Å². The fourth-order valence-electron chi connectivity index (χ4n) is 4.59. The van der Waals surface area contributed by atoms with Crippen LogP contribution in [0.5, 0.6) is 11.5 Å². The molecule has 2 amide bonds. The van der Waals surface area contributed by atoms with Crippen LogP contribution in [0.15, 0.2) is 66.7 Å². The summed E-state index contributed by atoms with van der Waals surface area (Å²) in [6, 6.07) is 17.9. The third-order valence-electron chi connectivity index (χ3n) is 7.23. The van der Waals surface area contributed by atoms with Crippen molar-refractivity contribution in [2.45, 2.75) is 52.2 Å². The Morgan fingerprint density at radius 3 is 2.33 bits per heavy atom. The van der Waals surface area contributed by atoms with Gasteiger partial charge in [0.25, 0.3) is 0 Å². The van der Waals surface area contributed by atoms with Crippen LogP contribution in [0.1, 0.15) is 38.3 Å². The van der Waals surface area contributed by atoms with Gasteiger partial charge in [0, 0.05) is 25.1 Å². The summed E-state index contributed by atoms with van der Waals surface area (Å²) < 4.78 is 38.6. The molecule has 3 aromatic rings. The van der Waals surface area contributed by atoms with E-state index < -0.39 is 28.5 Å². The number of amides is 2. The topological polar surface area (TPSA) is 105 Å². The molecule has 2 atom stereocenters. The molecule has 0 saturated carbocycles. The average Bonchev–Trinajstić information content (AvgIpc) is 3.47. The molecule has 230 valence electrons. The molecule has 0 unspecified atom stereocenters. The summed E-state index contributed by atoms with van der Waals surface area (Å²) in [6.45, 7) is 4.81. The Morgan fingerprint density at radius 2 is 1.65 bits per heavy atom. The van der Waals surface area contributed by atoms with Gasteiger partial charge < -0.3 is 19.7 Å². The minimum absolute atomic E-state index is 0.0116. The first kappa shape index (κ1) is 32.4. The molecule has 43 heavy (non-hydrogen) atoms. The summed E-state index contributed by atoms with van der Waals surface area (Å²) in [5.41, 5.74) is 1.72. The number of hydrogen-bond acceptors (Lipinski definition) is 6. The molecule has 4 rings (SSSR count). The van der Waals surface area contributed by atoms with E-state index in [1.54, 1.807) is 30.3 Å². The third kappa shape index (κ3) is 8.13. The Morgan fingerprint density at radius 1 is 0.930 bits per heavy atom. The fourth-order valence-corrected chi connectivity index (χ4v) is 5.96. The Hall–Kier alpha value is -3.47. The number of halogens is 2. The lowest BCUT2D eigenvalue weighted by Crippen LogP contribution is -2.54. The Balaban J connectivity index is 1.76. The lowest BCUT2D eigenvalue weighted by molar-refractivity contribution is -0.140. The SMILES string of the molecule is CC[C@H](C)NC(=O)[C@H](Cc1ccccc1)N(Cc1ccc(Cl)c(Cl)c1)C(=O)CN(c1ccc2c(c1)OCO2)S(=O)(=O)CC. The van der Waals surface area contributed by atoms with Crippen molar-refractivity contribution in [3.8, 4) is 11.5 Å². The molecule has 1 N–H and O–H groups in total. The van der Waals surface area contributed by atoms with E-state index in [4.69, 9.17) is 32.7 Å². The normalized spacial score (nSPS) is 13.7. The van der Waals surface area contributed by atoms with E-state index in [0.717, 1.165) is 9.87 Å². The van der Waals surface area contributed by atoms with Gasteiger partial charge in [-0.15, -0.1) is 0 Å². The molecule has 0 bridgehead atoms. The number of hydrogen-bond donors (Lipinski definition) is 1. The van der Waals surface area contributed by atoms with Crippen LogP contribution in [0.4, 0.5) is 5.69 Å². The van der Waals surface area contributed by atoms with Crippen LogP contribution >= 0.6 is 23.2 Å². The molecule has 1 heterocycles. The first-order chi connectivity index (χ1) is 20.5. The predicted octanol–water partition coefficient (Wildman–Crippen LogP) is 5.43. The lowest BCUT2D eigenvalue weighted by atomic mass is 10.0. The molecular weight excluding hydrogens is 613 g/mol. The number of sulfonamides is 1. The summed E-state index contributed by atoms with van der Waals surface area (Å²) in [5, 5.41) is 3.65. The van der Waals surface area contributed by atoms with E-state index in [1.807, 2.05) is 44.2 Å². The standard InChI is InChI=1S/C31H35Cl2N3O6S/c1-4-21(3)34-31(38)27(16-22-9-7-6-8-10-22)35(18-23-11-13-25(32)26(33)15-23)30(37)19-36(43(39,40)5-2)24-12-14-28-29(17-24)42-20-41-28/h6-15,17,21,27H,4-5,16,18-20H2,1-3H3,(H,34,38)/t21-,27-/m0/s1. The van der Waals surface area contributed by atoms with Gasteiger partial charge >= 0.3 is 0 Å². The monoisotopic (exact) mass is 647 g/mol. The lowest BCUT2D eigenvalue weighted by Gasteiger charge is -2.34. The smallest absolute Gasteiger partial charge is 0.244 e. The highest BCUT2D eigenvalue weighted by atomic mass is 35.5. The predicted molar refractivity (Wildman–Crippen MR) is 168 cm³/mol. The average molecular weight is 649 g/mol. The number of nitrogens with one attached hydrogen (secondary N) is 1. The van der Waals surface area contributed by atoms with Gasteiger partial charge in [-0.05, 0) is 55.7 Å². The summed E-state index contributed by atoms with van der Waals surface area (Å²) in [6.07, 6.45) is 0.901. The van der Waals surface area contributed by atoms with Gasteiger partial charge in [0.1, 0.15) is 12.6 Å². The van der Waals surface area contributed by atoms with Crippen LogP contribution in [0.2, 0.25) is 10.0 Å². The quantitative estimate of drug-likeness (QED) is 0.265. The van der Waals surface area contributed by atoms with Crippen LogP contribution in [0, 0.1) is 0 Å². The van der Waals surface area contributed by atoms with Crippen molar-refractivity contribution in [3.63, 3.8) is 0 Å². The summed E-state index contributed by atoms with van der Waals surface area (Å²) in [5.74, 6) is -0.303. The first-order valence-corrected chi connectivity index (χ1v) is 16.4. The molecule has 0 spiro atoms. The number of fused-ring (bicyclic) bond motifs is 1. The Labute approximate surface area is 262 Å². The second-order valence-corrected chi connectivity index (χ2v) is 13.2. The second-order valence-electron chi connectivity index (χ2n) is 10.2. The van der Waals surface area contributed by atoms with E-state index in [9.17, 15) is 18.0 Å². The minimum Gasteiger partial charge on any atom is -0.454 e. The number of rotatable bonds is 13. The van der Waals surface area contributed by atoms with Gasteiger partial charge in [0.15, 0.2) is 11.5 Å². The van der Waals surface area contributed by atoms with Crippen LogP contribution in [-0.4, -0.2) is 56.3 Å². The number of benzene rings is 3. The number of anilines is 1. The summed E-state index contributed by atoms with van der Waals surface area (Å²) >= 11 is 12.4. The molecule has 0 radical (unpaired) electrons. The van der Waals surface area contributed by atoms with Crippen LogP contribution in [-0.2, 0) is 32.6 Å². The highest BCUT2D eigenvalue weighted by Gasteiger charge is 2.34. The zero-order valence-electron chi connectivity index (χ0n) is 24.3. The maximum Gasteiger partial charge on any atom is 0.244 e. The Bertz CT molecular complexity index is 1550. The van der Waals surface area contributed by atoms with Crippen LogP contribution < -0.4 is 19.1 Å².